The fourth-order valence-corrected chi connectivity index (χ4v) is 3.96. The van der Waals surface area contributed by atoms with E-state index in [0.717, 1.165) is 26.2 Å². The molecular formula is C19H33N3O4S. The highest BCUT2D eigenvalue weighted by atomic mass is 32.2. The normalized spacial score (nSPS) is 18.5. The maximum Gasteiger partial charge on any atom is 0.240 e. The van der Waals surface area contributed by atoms with Crippen LogP contribution >= 0.6 is 0 Å². The molecule has 1 aromatic rings. The Labute approximate surface area is 163 Å². The zero-order valence-corrected chi connectivity index (χ0v) is 17.4. The van der Waals surface area contributed by atoms with E-state index in [0.29, 0.717) is 31.1 Å². The zero-order chi connectivity index (χ0) is 19.9. The lowest BCUT2D eigenvalue weighted by molar-refractivity contribution is -0.0585. The fraction of sp³-hybridized carbons (Fsp3) is 0.684. The van der Waals surface area contributed by atoms with Crippen molar-refractivity contribution in [1.29, 1.82) is 0 Å². The van der Waals surface area contributed by atoms with Gasteiger partial charge in [0.2, 0.25) is 10.0 Å². The summed E-state index contributed by atoms with van der Waals surface area (Å²) in [5.41, 5.74) is -0.243. The first kappa shape index (κ1) is 22.3. The van der Waals surface area contributed by atoms with Crippen LogP contribution < -0.4 is 4.72 Å². The number of aliphatic hydroxyl groups excluding tert-OH is 1. The summed E-state index contributed by atoms with van der Waals surface area (Å²) in [5.74, 6) is 0. The monoisotopic (exact) mass is 399 g/mol. The minimum atomic E-state index is -3.44. The van der Waals surface area contributed by atoms with Gasteiger partial charge in [-0.1, -0.05) is 18.2 Å². The molecule has 8 heteroatoms. The number of nitrogens with one attached hydrogen (secondary N) is 1. The Morgan fingerprint density at radius 1 is 1.11 bits per heavy atom. The van der Waals surface area contributed by atoms with Gasteiger partial charge in [0.25, 0.3) is 0 Å². The van der Waals surface area contributed by atoms with Gasteiger partial charge in [-0.15, -0.1) is 0 Å². The van der Waals surface area contributed by atoms with Crippen LogP contribution in [0.15, 0.2) is 35.2 Å². The molecule has 0 bridgehead atoms. The van der Waals surface area contributed by atoms with Crippen molar-refractivity contribution >= 4 is 10.0 Å². The van der Waals surface area contributed by atoms with Crippen molar-refractivity contribution in [2.45, 2.75) is 37.4 Å². The molecular weight excluding hydrogens is 366 g/mol. The van der Waals surface area contributed by atoms with E-state index < -0.39 is 16.1 Å². The molecule has 0 aromatic heterocycles. The summed E-state index contributed by atoms with van der Waals surface area (Å²) in [6, 6.07) is 8.42. The first-order valence-corrected chi connectivity index (χ1v) is 11.0. The highest BCUT2D eigenvalue weighted by Crippen LogP contribution is 2.09. The SMILES string of the molecule is CC(C)(C)OC[C@@H](O)CN1CCN(CCNS(=O)(=O)c2ccccc2)CC1. The van der Waals surface area contributed by atoms with Crippen LogP contribution in [0.4, 0.5) is 0 Å². The molecule has 0 aliphatic carbocycles. The van der Waals surface area contributed by atoms with Gasteiger partial charge in [-0.25, -0.2) is 13.1 Å². The number of sulfonamides is 1. The van der Waals surface area contributed by atoms with Gasteiger partial charge in [0.15, 0.2) is 0 Å². The first-order chi connectivity index (χ1) is 12.7. The van der Waals surface area contributed by atoms with Gasteiger partial charge in [0.05, 0.1) is 23.2 Å². The number of rotatable bonds is 9. The lowest BCUT2D eigenvalue weighted by atomic mass is 10.2. The number of aliphatic hydroxyl groups is 1. The zero-order valence-electron chi connectivity index (χ0n) is 16.6. The third kappa shape index (κ3) is 8.25. The summed E-state index contributed by atoms with van der Waals surface area (Å²) in [6.45, 7) is 11.4. The molecule has 27 heavy (non-hydrogen) atoms. The maximum absolute atomic E-state index is 12.2. The van der Waals surface area contributed by atoms with E-state index in [9.17, 15) is 13.5 Å². The Kier molecular flexibility index (Phi) is 8.20. The molecule has 1 aliphatic rings. The lowest BCUT2D eigenvalue weighted by Gasteiger charge is -2.35. The van der Waals surface area contributed by atoms with Crippen LogP contribution in [0.2, 0.25) is 0 Å². The average molecular weight is 400 g/mol. The van der Waals surface area contributed by atoms with Gasteiger partial charge >= 0.3 is 0 Å². The third-order valence-corrected chi connectivity index (χ3v) is 5.89. The first-order valence-electron chi connectivity index (χ1n) is 9.47. The number of hydrogen-bond donors (Lipinski definition) is 2. The van der Waals surface area contributed by atoms with E-state index in [1.165, 1.54) is 0 Å². The van der Waals surface area contributed by atoms with Crippen molar-refractivity contribution in [3.05, 3.63) is 30.3 Å². The van der Waals surface area contributed by atoms with Crippen LogP contribution in [0.25, 0.3) is 0 Å². The van der Waals surface area contributed by atoms with Gasteiger partial charge in [-0.2, -0.15) is 0 Å². The van der Waals surface area contributed by atoms with E-state index >= 15 is 0 Å². The minimum Gasteiger partial charge on any atom is -0.389 e. The van der Waals surface area contributed by atoms with Gasteiger partial charge in [0.1, 0.15) is 0 Å². The molecule has 2 rings (SSSR count). The highest BCUT2D eigenvalue weighted by molar-refractivity contribution is 7.89. The van der Waals surface area contributed by atoms with Gasteiger partial charge < -0.3 is 9.84 Å². The number of benzene rings is 1. The van der Waals surface area contributed by atoms with Crippen LogP contribution in [0, 0.1) is 0 Å². The molecule has 7 nitrogen and oxygen atoms in total. The molecule has 1 heterocycles. The van der Waals surface area contributed by atoms with E-state index in [4.69, 9.17) is 4.74 Å². The van der Waals surface area contributed by atoms with Gasteiger partial charge in [0, 0.05) is 45.8 Å². The summed E-state index contributed by atoms with van der Waals surface area (Å²) < 4.78 is 32.7. The van der Waals surface area contributed by atoms with Crippen LogP contribution in [0.3, 0.4) is 0 Å². The molecule has 0 spiro atoms. The second-order valence-corrected chi connectivity index (χ2v) is 9.70. The molecule has 0 saturated carbocycles. The van der Waals surface area contributed by atoms with E-state index in [1.54, 1.807) is 30.3 Å². The van der Waals surface area contributed by atoms with Crippen molar-refractivity contribution < 1.29 is 18.3 Å². The van der Waals surface area contributed by atoms with Crippen molar-refractivity contribution in [3.8, 4) is 0 Å². The van der Waals surface area contributed by atoms with Crippen molar-refractivity contribution in [3.63, 3.8) is 0 Å². The Morgan fingerprint density at radius 2 is 1.70 bits per heavy atom. The Balaban J connectivity index is 1.65. The van der Waals surface area contributed by atoms with Crippen molar-refractivity contribution in [2.24, 2.45) is 0 Å². The summed E-state index contributed by atoms with van der Waals surface area (Å²) in [6.07, 6.45) is -0.492. The highest BCUT2D eigenvalue weighted by Gasteiger charge is 2.21. The topological polar surface area (TPSA) is 82.1 Å². The van der Waals surface area contributed by atoms with Crippen LogP contribution in [-0.2, 0) is 14.8 Å². The Bertz CT molecular complexity index is 653. The number of hydrogen-bond acceptors (Lipinski definition) is 6. The molecule has 1 aromatic carbocycles. The molecule has 154 valence electrons. The summed E-state index contributed by atoms with van der Waals surface area (Å²) in [4.78, 5) is 4.75. The average Bonchev–Trinajstić information content (AvgIpc) is 2.62. The minimum absolute atomic E-state index is 0.243. The molecule has 0 amide bonds. The fourth-order valence-electron chi connectivity index (χ4n) is 2.91. The lowest BCUT2D eigenvalue weighted by Crippen LogP contribution is -2.50. The summed E-state index contributed by atoms with van der Waals surface area (Å²) >= 11 is 0. The number of piperazine rings is 1. The molecule has 0 radical (unpaired) electrons. The molecule has 1 aliphatic heterocycles. The molecule has 1 atom stereocenters. The van der Waals surface area contributed by atoms with Crippen LogP contribution in [-0.4, -0.2) is 87.4 Å². The number of nitrogens with zero attached hydrogens (tertiary/aromatic N) is 2. The molecule has 1 saturated heterocycles. The summed E-state index contributed by atoms with van der Waals surface area (Å²) in [7, 11) is -3.44. The van der Waals surface area contributed by atoms with Crippen LogP contribution in [0.1, 0.15) is 20.8 Å². The number of ether oxygens (including phenoxy) is 1. The Morgan fingerprint density at radius 3 is 2.30 bits per heavy atom. The predicted molar refractivity (Wildman–Crippen MR) is 106 cm³/mol. The molecule has 2 N–H and O–H groups in total. The van der Waals surface area contributed by atoms with E-state index in [1.807, 2.05) is 20.8 Å². The van der Waals surface area contributed by atoms with Crippen molar-refractivity contribution in [1.82, 2.24) is 14.5 Å². The van der Waals surface area contributed by atoms with Gasteiger partial charge in [-0.05, 0) is 32.9 Å². The van der Waals surface area contributed by atoms with Gasteiger partial charge in [-0.3, -0.25) is 9.80 Å². The second kappa shape index (κ2) is 9.95. The molecule has 0 unspecified atom stereocenters. The smallest absolute Gasteiger partial charge is 0.240 e. The second-order valence-electron chi connectivity index (χ2n) is 7.93. The Hall–Kier alpha value is -1.03. The quantitative estimate of drug-likeness (QED) is 0.638. The number of β-amino-alcohol motifs (C(OH)–C–C–N with tert-alkyl or cyclic N) is 1. The predicted octanol–water partition coefficient (Wildman–Crippen LogP) is 0.759. The summed E-state index contributed by atoms with van der Waals surface area (Å²) in [5, 5.41) is 10.1. The third-order valence-electron chi connectivity index (χ3n) is 4.42. The molecule has 1 fully saturated rings. The van der Waals surface area contributed by atoms with Crippen molar-refractivity contribution in [2.75, 3.05) is 52.4 Å². The van der Waals surface area contributed by atoms with E-state index in [-0.39, 0.29) is 5.60 Å². The maximum atomic E-state index is 12.2. The standard InChI is InChI=1S/C19H33N3O4S/c1-19(2,3)26-16-17(23)15-22-13-11-21(12-14-22)10-9-20-27(24,25)18-7-5-4-6-8-18/h4-8,17,20,23H,9-16H2,1-3H3/t17-/m0/s1. The van der Waals surface area contributed by atoms with Crippen LogP contribution in [0.5, 0.6) is 0 Å². The van der Waals surface area contributed by atoms with E-state index in [2.05, 4.69) is 14.5 Å². The largest absolute Gasteiger partial charge is 0.389 e.